The Bertz CT molecular complexity index is 727. The van der Waals surface area contributed by atoms with Gasteiger partial charge in [-0.3, -0.25) is 4.79 Å². The molecule has 1 atom stereocenters. The van der Waals surface area contributed by atoms with Gasteiger partial charge in [0.25, 0.3) is 0 Å². The first-order valence-corrected chi connectivity index (χ1v) is 8.24. The van der Waals surface area contributed by atoms with Gasteiger partial charge in [0.15, 0.2) is 0 Å². The van der Waals surface area contributed by atoms with Gasteiger partial charge in [-0.15, -0.1) is 0 Å². The predicted octanol–water partition coefficient (Wildman–Crippen LogP) is 4.61. The third-order valence-electron chi connectivity index (χ3n) is 4.54. The zero-order valence-corrected chi connectivity index (χ0v) is 14.1. The molecule has 3 heteroatoms. The third-order valence-corrected chi connectivity index (χ3v) is 4.54. The molecule has 0 N–H and O–H groups in total. The summed E-state index contributed by atoms with van der Waals surface area (Å²) in [5, 5.41) is 0. The molecule has 1 aliphatic rings. The highest BCUT2D eigenvalue weighted by Crippen LogP contribution is 2.36. The SMILES string of the molecule is COc1ccc(/C=C(\c2ccc(OC)cc2)C2CCCC2=O)cc1. The molecule has 0 amide bonds. The first kappa shape index (κ1) is 16.3. The molecule has 0 heterocycles. The van der Waals surface area contributed by atoms with Gasteiger partial charge in [-0.2, -0.15) is 0 Å². The Kier molecular flexibility index (Phi) is 4.99. The summed E-state index contributed by atoms with van der Waals surface area (Å²) in [7, 11) is 3.31. The molecule has 3 rings (SSSR count). The smallest absolute Gasteiger partial charge is 0.140 e. The van der Waals surface area contributed by atoms with E-state index in [4.69, 9.17) is 9.47 Å². The van der Waals surface area contributed by atoms with Gasteiger partial charge < -0.3 is 9.47 Å². The average Bonchev–Trinajstić information content (AvgIpc) is 3.06. The number of carbonyl (C=O) groups excluding carboxylic acids is 1. The Hall–Kier alpha value is -2.55. The highest BCUT2D eigenvalue weighted by molar-refractivity contribution is 5.99. The van der Waals surface area contributed by atoms with Crippen LogP contribution in [-0.4, -0.2) is 20.0 Å². The summed E-state index contributed by atoms with van der Waals surface area (Å²) in [6.45, 7) is 0. The van der Waals surface area contributed by atoms with E-state index in [1.165, 1.54) is 0 Å². The molecule has 0 radical (unpaired) electrons. The second-order valence-electron chi connectivity index (χ2n) is 6.01. The molecule has 2 aromatic carbocycles. The quantitative estimate of drug-likeness (QED) is 0.754. The molecule has 2 aromatic rings. The van der Waals surface area contributed by atoms with Crippen LogP contribution in [0.2, 0.25) is 0 Å². The van der Waals surface area contributed by atoms with Crippen molar-refractivity contribution in [3.8, 4) is 11.5 Å². The lowest BCUT2D eigenvalue weighted by atomic mass is 9.89. The number of ether oxygens (including phenoxy) is 2. The molecule has 124 valence electrons. The van der Waals surface area contributed by atoms with Crippen molar-refractivity contribution in [1.29, 1.82) is 0 Å². The van der Waals surface area contributed by atoms with Gasteiger partial charge in [0.2, 0.25) is 0 Å². The summed E-state index contributed by atoms with van der Waals surface area (Å²) in [6, 6.07) is 15.8. The molecule has 0 aromatic heterocycles. The van der Waals surface area contributed by atoms with Gasteiger partial charge in [0.05, 0.1) is 14.2 Å². The summed E-state index contributed by atoms with van der Waals surface area (Å²) >= 11 is 0. The summed E-state index contributed by atoms with van der Waals surface area (Å²) in [4.78, 5) is 12.3. The summed E-state index contributed by atoms with van der Waals surface area (Å²) in [6.07, 6.45) is 4.70. The van der Waals surface area contributed by atoms with Crippen LogP contribution in [0.5, 0.6) is 11.5 Å². The zero-order chi connectivity index (χ0) is 16.9. The lowest BCUT2D eigenvalue weighted by Crippen LogP contribution is -2.08. The minimum Gasteiger partial charge on any atom is -0.497 e. The van der Waals surface area contributed by atoms with Gasteiger partial charge in [0.1, 0.15) is 17.3 Å². The molecular formula is C21H22O3. The summed E-state index contributed by atoms with van der Waals surface area (Å²) < 4.78 is 10.5. The fourth-order valence-corrected chi connectivity index (χ4v) is 3.19. The number of benzene rings is 2. The van der Waals surface area contributed by atoms with Crippen molar-refractivity contribution >= 4 is 17.4 Å². The van der Waals surface area contributed by atoms with Crippen LogP contribution in [0.15, 0.2) is 48.5 Å². The molecule has 1 saturated carbocycles. The molecule has 0 bridgehead atoms. The first-order valence-electron chi connectivity index (χ1n) is 8.24. The van der Waals surface area contributed by atoms with E-state index in [0.29, 0.717) is 12.2 Å². The number of rotatable bonds is 5. The van der Waals surface area contributed by atoms with Crippen molar-refractivity contribution in [2.75, 3.05) is 14.2 Å². The average molecular weight is 322 g/mol. The molecule has 24 heavy (non-hydrogen) atoms. The lowest BCUT2D eigenvalue weighted by Gasteiger charge is -2.15. The van der Waals surface area contributed by atoms with Gasteiger partial charge in [0, 0.05) is 12.3 Å². The van der Waals surface area contributed by atoms with Crippen LogP contribution >= 0.6 is 0 Å². The Morgan fingerprint density at radius 2 is 1.54 bits per heavy atom. The van der Waals surface area contributed by atoms with Crippen molar-refractivity contribution in [1.82, 2.24) is 0 Å². The fourth-order valence-electron chi connectivity index (χ4n) is 3.19. The van der Waals surface area contributed by atoms with E-state index < -0.39 is 0 Å². The number of ketones is 1. The fraction of sp³-hybridized carbons (Fsp3) is 0.286. The van der Waals surface area contributed by atoms with Crippen LogP contribution in [0.25, 0.3) is 11.6 Å². The maximum Gasteiger partial charge on any atom is 0.140 e. The summed E-state index contributed by atoms with van der Waals surface area (Å²) in [5.41, 5.74) is 3.23. The number of allylic oxidation sites excluding steroid dienone is 1. The number of Topliss-reactive ketones (excluding diaryl/α,β-unsaturated/α-hetero) is 1. The van der Waals surface area contributed by atoms with Crippen molar-refractivity contribution in [2.24, 2.45) is 5.92 Å². The molecular weight excluding hydrogens is 300 g/mol. The number of methoxy groups -OCH3 is 2. The molecule has 1 unspecified atom stereocenters. The van der Waals surface area contributed by atoms with Gasteiger partial charge in [-0.1, -0.05) is 30.3 Å². The minimum atomic E-state index is -0.0134. The summed E-state index contributed by atoms with van der Waals surface area (Å²) in [5.74, 6) is 1.97. The van der Waals surface area contributed by atoms with Crippen LogP contribution < -0.4 is 9.47 Å². The normalized spacial score (nSPS) is 17.8. The van der Waals surface area contributed by atoms with Crippen LogP contribution in [-0.2, 0) is 4.79 Å². The third kappa shape index (κ3) is 3.51. The molecule has 0 saturated heterocycles. The van der Waals surface area contributed by atoms with Gasteiger partial charge in [-0.05, 0) is 53.8 Å². The van der Waals surface area contributed by atoms with Gasteiger partial charge >= 0.3 is 0 Å². The van der Waals surface area contributed by atoms with E-state index in [9.17, 15) is 4.79 Å². The first-order chi connectivity index (χ1) is 11.7. The second-order valence-corrected chi connectivity index (χ2v) is 6.01. The highest BCUT2D eigenvalue weighted by Gasteiger charge is 2.28. The van der Waals surface area contributed by atoms with E-state index in [-0.39, 0.29) is 5.92 Å². The number of carbonyl (C=O) groups is 1. The van der Waals surface area contributed by atoms with Crippen molar-refractivity contribution in [3.63, 3.8) is 0 Å². The zero-order valence-electron chi connectivity index (χ0n) is 14.1. The highest BCUT2D eigenvalue weighted by atomic mass is 16.5. The van der Waals surface area contributed by atoms with Crippen LogP contribution in [0.3, 0.4) is 0 Å². The van der Waals surface area contributed by atoms with E-state index in [2.05, 4.69) is 6.08 Å². The minimum absolute atomic E-state index is 0.0134. The van der Waals surface area contributed by atoms with E-state index in [0.717, 1.165) is 41.0 Å². The Morgan fingerprint density at radius 1 is 0.958 bits per heavy atom. The van der Waals surface area contributed by atoms with E-state index in [1.807, 2.05) is 48.5 Å². The second kappa shape index (κ2) is 7.35. The van der Waals surface area contributed by atoms with Crippen molar-refractivity contribution < 1.29 is 14.3 Å². The Labute approximate surface area is 142 Å². The Balaban J connectivity index is 1.99. The van der Waals surface area contributed by atoms with Crippen molar-refractivity contribution in [3.05, 3.63) is 59.7 Å². The standard InChI is InChI=1S/C21H22O3/c1-23-17-10-6-15(7-11-17)14-20(19-4-3-5-21(19)22)16-8-12-18(24-2)13-9-16/h6-14,19H,3-5H2,1-2H3/b20-14+. The number of hydrogen-bond acceptors (Lipinski definition) is 3. The monoisotopic (exact) mass is 322 g/mol. The van der Waals surface area contributed by atoms with Crippen LogP contribution in [0, 0.1) is 5.92 Å². The predicted molar refractivity (Wildman–Crippen MR) is 96.2 cm³/mol. The molecule has 0 aliphatic heterocycles. The molecule has 1 fully saturated rings. The Morgan fingerprint density at radius 3 is 2.04 bits per heavy atom. The van der Waals surface area contributed by atoms with Crippen LogP contribution in [0.4, 0.5) is 0 Å². The van der Waals surface area contributed by atoms with Crippen LogP contribution in [0.1, 0.15) is 30.4 Å². The van der Waals surface area contributed by atoms with E-state index in [1.54, 1.807) is 14.2 Å². The topological polar surface area (TPSA) is 35.5 Å². The lowest BCUT2D eigenvalue weighted by molar-refractivity contribution is -0.119. The maximum absolute atomic E-state index is 12.3. The molecule has 1 aliphatic carbocycles. The molecule has 0 spiro atoms. The van der Waals surface area contributed by atoms with E-state index >= 15 is 0 Å². The maximum atomic E-state index is 12.3. The molecule has 3 nitrogen and oxygen atoms in total. The van der Waals surface area contributed by atoms with Gasteiger partial charge in [-0.25, -0.2) is 0 Å². The van der Waals surface area contributed by atoms with Crippen molar-refractivity contribution in [2.45, 2.75) is 19.3 Å². The largest absolute Gasteiger partial charge is 0.497 e. The number of hydrogen-bond donors (Lipinski definition) is 0.